The number of nitrogens with one attached hydrogen (secondary N) is 1. The lowest BCUT2D eigenvalue weighted by molar-refractivity contribution is -0.137. The van der Waals surface area contributed by atoms with E-state index in [1.807, 2.05) is 6.92 Å². The molecule has 1 atom stereocenters. The maximum atomic E-state index is 12.0. The molecule has 1 aromatic rings. The standard InChI is InChI=1S/C13H18BrNO4S/c1-10(2-7-13(16)17)8-9-15-20(18,19)12-5-3-11(14)4-6-12/h3-6,10,15H,2,7-9H2,1H3,(H,16,17). The summed E-state index contributed by atoms with van der Waals surface area (Å²) in [7, 11) is -3.49. The van der Waals surface area contributed by atoms with Gasteiger partial charge in [0, 0.05) is 17.4 Å². The summed E-state index contributed by atoms with van der Waals surface area (Å²) < 4.78 is 27.3. The quantitative estimate of drug-likeness (QED) is 0.743. The van der Waals surface area contributed by atoms with Gasteiger partial charge < -0.3 is 5.11 Å². The molecule has 112 valence electrons. The van der Waals surface area contributed by atoms with Crippen LogP contribution in [0.3, 0.4) is 0 Å². The van der Waals surface area contributed by atoms with E-state index >= 15 is 0 Å². The number of aliphatic carboxylic acids is 1. The van der Waals surface area contributed by atoms with Gasteiger partial charge in [0.05, 0.1) is 4.90 Å². The number of halogens is 1. The number of carboxylic acids is 1. The van der Waals surface area contributed by atoms with Gasteiger partial charge in [0.1, 0.15) is 0 Å². The Balaban J connectivity index is 2.44. The van der Waals surface area contributed by atoms with Crippen molar-refractivity contribution in [2.75, 3.05) is 6.54 Å². The average molecular weight is 364 g/mol. The zero-order valence-corrected chi connectivity index (χ0v) is 13.6. The van der Waals surface area contributed by atoms with Crippen molar-refractivity contribution in [3.05, 3.63) is 28.7 Å². The van der Waals surface area contributed by atoms with Crippen molar-refractivity contribution < 1.29 is 18.3 Å². The van der Waals surface area contributed by atoms with Gasteiger partial charge in [0.25, 0.3) is 0 Å². The summed E-state index contributed by atoms with van der Waals surface area (Å²) in [5.74, 6) is -0.661. The normalized spacial score (nSPS) is 13.1. The number of benzene rings is 1. The third-order valence-corrected chi connectivity index (χ3v) is 4.91. The molecule has 0 saturated carbocycles. The maximum Gasteiger partial charge on any atom is 0.303 e. The van der Waals surface area contributed by atoms with Gasteiger partial charge in [-0.2, -0.15) is 0 Å². The highest BCUT2D eigenvalue weighted by Gasteiger charge is 2.14. The molecule has 2 N–H and O–H groups in total. The SMILES string of the molecule is CC(CCNS(=O)(=O)c1ccc(Br)cc1)CCC(=O)O. The Morgan fingerprint density at radius 2 is 1.90 bits per heavy atom. The molecule has 0 fully saturated rings. The minimum Gasteiger partial charge on any atom is -0.481 e. The van der Waals surface area contributed by atoms with Crippen LogP contribution in [0, 0.1) is 5.92 Å². The average Bonchev–Trinajstić information content (AvgIpc) is 2.36. The van der Waals surface area contributed by atoms with Gasteiger partial charge in [-0.1, -0.05) is 22.9 Å². The number of sulfonamides is 1. The van der Waals surface area contributed by atoms with Gasteiger partial charge in [-0.05, 0) is 43.0 Å². The van der Waals surface area contributed by atoms with E-state index in [9.17, 15) is 13.2 Å². The molecule has 0 aliphatic carbocycles. The van der Waals surface area contributed by atoms with Crippen molar-refractivity contribution in [1.82, 2.24) is 4.72 Å². The predicted octanol–water partition coefficient (Wildman–Crippen LogP) is 2.62. The van der Waals surface area contributed by atoms with Crippen LogP contribution in [0.4, 0.5) is 0 Å². The Hall–Kier alpha value is -0.920. The van der Waals surface area contributed by atoms with E-state index in [0.29, 0.717) is 19.4 Å². The largest absolute Gasteiger partial charge is 0.481 e. The predicted molar refractivity (Wildman–Crippen MR) is 80.0 cm³/mol. The van der Waals surface area contributed by atoms with Crippen LogP contribution >= 0.6 is 15.9 Å². The van der Waals surface area contributed by atoms with Gasteiger partial charge in [0.15, 0.2) is 0 Å². The first-order valence-electron chi connectivity index (χ1n) is 6.28. The zero-order valence-electron chi connectivity index (χ0n) is 11.2. The number of carboxylic acid groups (broad SMARTS) is 1. The molecule has 0 aliphatic heterocycles. The van der Waals surface area contributed by atoms with Crippen molar-refractivity contribution in [1.29, 1.82) is 0 Å². The van der Waals surface area contributed by atoms with Crippen LogP contribution in [0.2, 0.25) is 0 Å². The Labute approximate surface area is 127 Å². The van der Waals surface area contributed by atoms with Crippen LogP contribution < -0.4 is 4.72 Å². The summed E-state index contributed by atoms with van der Waals surface area (Å²) in [6, 6.07) is 6.40. The van der Waals surface area contributed by atoms with E-state index in [1.165, 1.54) is 12.1 Å². The highest BCUT2D eigenvalue weighted by Crippen LogP contribution is 2.15. The van der Waals surface area contributed by atoms with Crippen LogP contribution in [0.1, 0.15) is 26.2 Å². The minimum atomic E-state index is -3.49. The number of hydrogen-bond acceptors (Lipinski definition) is 3. The molecule has 0 heterocycles. The summed E-state index contributed by atoms with van der Waals surface area (Å²) in [6.07, 6.45) is 1.28. The van der Waals surface area contributed by atoms with Gasteiger partial charge in [-0.15, -0.1) is 0 Å². The molecule has 1 aromatic carbocycles. The van der Waals surface area contributed by atoms with Gasteiger partial charge in [0.2, 0.25) is 10.0 Å². The molecule has 0 saturated heterocycles. The summed E-state index contributed by atoms with van der Waals surface area (Å²) in [6.45, 7) is 2.22. The van der Waals surface area contributed by atoms with Crippen LogP contribution in [0.25, 0.3) is 0 Å². The Morgan fingerprint density at radius 3 is 2.45 bits per heavy atom. The van der Waals surface area contributed by atoms with Gasteiger partial charge in [-0.3, -0.25) is 4.79 Å². The van der Waals surface area contributed by atoms with Crippen LogP contribution in [0.5, 0.6) is 0 Å². The van der Waals surface area contributed by atoms with E-state index < -0.39 is 16.0 Å². The molecule has 5 nitrogen and oxygen atoms in total. The van der Waals surface area contributed by atoms with Gasteiger partial charge >= 0.3 is 5.97 Å². The summed E-state index contributed by atoms with van der Waals surface area (Å²) in [4.78, 5) is 10.7. The highest BCUT2D eigenvalue weighted by molar-refractivity contribution is 9.10. The topological polar surface area (TPSA) is 83.5 Å². The molecular weight excluding hydrogens is 346 g/mol. The third kappa shape index (κ3) is 6.02. The Bertz CT molecular complexity index is 542. The Kier molecular flexibility index (Phi) is 6.64. The summed E-state index contributed by atoms with van der Waals surface area (Å²) in [5.41, 5.74) is 0. The molecular formula is C13H18BrNO4S. The number of rotatable bonds is 8. The molecule has 0 bridgehead atoms. The fourth-order valence-electron chi connectivity index (χ4n) is 1.65. The van der Waals surface area contributed by atoms with Crippen molar-refractivity contribution in [3.63, 3.8) is 0 Å². The number of carbonyl (C=O) groups is 1. The third-order valence-electron chi connectivity index (χ3n) is 2.90. The molecule has 20 heavy (non-hydrogen) atoms. The second kappa shape index (κ2) is 7.75. The van der Waals surface area contributed by atoms with E-state index in [4.69, 9.17) is 5.11 Å². The van der Waals surface area contributed by atoms with E-state index in [2.05, 4.69) is 20.7 Å². The van der Waals surface area contributed by atoms with Crippen LogP contribution in [-0.2, 0) is 14.8 Å². The molecule has 7 heteroatoms. The highest BCUT2D eigenvalue weighted by atomic mass is 79.9. The first kappa shape index (κ1) is 17.1. The fraction of sp³-hybridized carbons (Fsp3) is 0.462. The molecule has 1 unspecified atom stereocenters. The van der Waals surface area contributed by atoms with Crippen molar-refractivity contribution in [3.8, 4) is 0 Å². The minimum absolute atomic E-state index is 0.112. The van der Waals surface area contributed by atoms with Gasteiger partial charge in [-0.25, -0.2) is 13.1 Å². The molecule has 0 aromatic heterocycles. The fourth-order valence-corrected chi connectivity index (χ4v) is 2.96. The molecule has 0 amide bonds. The van der Waals surface area contributed by atoms with E-state index in [1.54, 1.807) is 12.1 Å². The molecule has 0 spiro atoms. The van der Waals surface area contributed by atoms with Crippen molar-refractivity contribution in [2.24, 2.45) is 5.92 Å². The lowest BCUT2D eigenvalue weighted by Crippen LogP contribution is -2.26. The zero-order chi connectivity index (χ0) is 15.2. The monoisotopic (exact) mass is 363 g/mol. The van der Waals surface area contributed by atoms with Crippen LogP contribution in [0.15, 0.2) is 33.6 Å². The summed E-state index contributed by atoms with van der Waals surface area (Å²) in [5, 5.41) is 8.57. The van der Waals surface area contributed by atoms with E-state index in [-0.39, 0.29) is 17.2 Å². The second-order valence-electron chi connectivity index (χ2n) is 4.68. The number of hydrogen-bond donors (Lipinski definition) is 2. The first-order valence-corrected chi connectivity index (χ1v) is 8.56. The van der Waals surface area contributed by atoms with Crippen molar-refractivity contribution in [2.45, 2.75) is 31.1 Å². The molecule has 0 radical (unpaired) electrons. The Morgan fingerprint density at radius 1 is 1.30 bits per heavy atom. The first-order chi connectivity index (χ1) is 9.31. The maximum absolute atomic E-state index is 12.0. The van der Waals surface area contributed by atoms with Crippen molar-refractivity contribution >= 4 is 31.9 Å². The smallest absolute Gasteiger partial charge is 0.303 e. The lowest BCUT2D eigenvalue weighted by atomic mass is 10.0. The molecule has 0 aliphatic rings. The molecule has 1 rings (SSSR count). The summed E-state index contributed by atoms with van der Waals surface area (Å²) >= 11 is 3.25. The second-order valence-corrected chi connectivity index (χ2v) is 7.36. The lowest BCUT2D eigenvalue weighted by Gasteiger charge is -2.11. The van der Waals surface area contributed by atoms with E-state index in [0.717, 1.165) is 4.47 Å². The van der Waals surface area contributed by atoms with Crippen LogP contribution in [-0.4, -0.2) is 26.0 Å².